The van der Waals surface area contributed by atoms with Crippen molar-refractivity contribution in [3.8, 4) is 0 Å². The van der Waals surface area contributed by atoms with Gasteiger partial charge < -0.3 is 9.84 Å². The number of rotatable bonds is 4. The van der Waals surface area contributed by atoms with Gasteiger partial charge in [-0.25, -0.2) is 0 Å². The lowest BCUT2D eigenvalue weighted by Crippen LogP contribution is -2.26. The molecule has 0 bridgehead atoms. The van der Waals surface area contributed by atoms with Gasteiger partial charge in [0.15, 0.2) is 6.29 Å². The van der Waals surface area contributed by atoms with Crippen LogP contribution in [0.1, 0.15) is 59.8 Å². The van der Waals surface area contributed by atoms with Gasteiger partial charge in [-0.1, -0.05) is 27.2 Å². The van der Waals surface area contributed by atoms with Crippen LogP contribution in [0, 0.1) is 5.41 Å². The molecule has 0 heterocycles. The van der Waals surface area contributed by atoms with Crippen molar-refractivity contribution in [3.63, 3.8) is 0 Å². The zero-order valence-corrected chi connectivity index (χ0v) is 10.5. The first kappa shape index (κ1) is 12.6. The molecular weight excluding hydrogens is 188 g/mol. The largest absolute Gasteiger partial charge is 0.469 e. The van der Waals surface area contributed by atoms with Crippen molar-refractivity contribution in [1.29, 1.82) is 0 Å². The highest BCUT2D eigenvalue weighted by molar-refractivity contribution is 5.16. The van der Waals surface area contributed by atoms with Gasteiger partial charge in [-0.2, -0.15) is 0 Å². The summed E-state index contributed by atoms with van der Waals surface area (Å²) in [4.78, 5) is 0. The Morgan fingerprint density at radius 2 is 2.13 bits per heavy atom. The number of hydrogen-bond acceptors (Lipinski definition) is 2. The van der Waals surface area contributed by atoms with E-state index in [1.165, 1.54) is 12.0 Å². The van der Waals surface area contributed by atoms with Gasteiger partial charge in [0, 0.05) is 11.8 Å². The molecule has 1 N–H and O–H groups in total. The van der Waals surface area contributed by atoms with E-state index in [1.807, 2.05) is 0 Å². The Labute approximate surface area is 93.3 Å². The fraction of sp³-hybridized carbons (Fsp3) is 0.846. The van der Waals surface area contributed by atoms with Crippen LogP contribution < -0.4 is 0 Å². The predicted molar refractivity (Wildman–Crippen MR) is 62.3 cm³/mol. The van der Waals surface area contributed by atoms with Crippen LogP contribution in [0.5, 0.6) is 0 Å². The van der Waals surface area contributed by atoms with Crippen molar-refractivity contribution >= 4 is 0 Å². The number of allylic oxidation sites excluding steroid dienone is 2. The van der Waals surface area contributed by atoms with Crippen LogP contribution in [-0.2, 0) is 4.74 Å². The molecular formula is C13H24O2. The smallest absolute Gasteiger partial charge is 0.196 e. The second kappa shape index (κ2) is 5.02. The molecule has 0 fully saturated rings. The summed E-state index contributed by atoms with van der Waals surface area (Å²) in [5.41, 5.74) is 1.40. The van der Waals surface area contributed by atoms with Crippen LogP contribution in [0.2, 0.25) is 0 Å². The standard InChI is InChI=1S/C13H24O2/c1-5-7-11(14)15-12-10(2)8-6-9-13(12,3)4/h11,14H,5-9H2,1-4H3. The van der Waals surface area contributed by atoms with Crippen LogP contribution in [0.25, 0.3) is 0 Å². The first-order valence-electron chi connectivity index (χ1n) is 6.02. The first-order valence-corrected chi connectivity index (χ1v) is 6.02. The van der Waals surface area contributed by atoms with E-state index in [4.69, 9.17) is 4.74 Å². The van der Waals surface area contributed by atoms with Crippen LogP contribution in [-0.4, -0.2) is 11.4 Å². The molecule has 0 aromatic rings. The molecule has 15 heavy (non-hydrogen) atoms. The number of aliphatic hydroxyl groups excluding tert-OH is 1. The van der Waals surface area contributed by atoms with Gasteiger partial charge in [0.2, 0.25) is 0 Å². The molecule has 1 atom stereocenters. The molecule has 1 unspecified atom stereocenters. The number of hydrogen-bond donors (Lipinski definition) is 1. The zero-order valence-electron chi connectivity index (χ0n) is 10.5. The van der Waals surface area contributed by atoms with E-state index in [1.54, 1.807) is 0 Å². The molecule has 2 heteroatoms. The van der Waals surface area contributed by atoms with Crippen LogP contribution in [0.3, 0.4) is 0 Å². The SMILES string of the molecule is CCCC(O)OC1=C(C)CCCC1(C)C. The Hall–Kier alpha value is -0.500. The molecule has 1 aliphatic rings. The van der Waals surface area contributed by atoms with E-state index in [0.717, 1.165) is 25.0 Å². The average Bonchev–Trinajstić information content (AvgIpc) is 2.12. The fourth-order valence-corrected chi connectivity index (χ4v) is 2.30. The highest BCUT2D eigenvalue weighted by atomic mass is 16.6. The van der Waals surface area contributed by atoms with Crippen molar-refractivity contribution in [1.82, 2.24) is 0 Å². The summed E-state index contributed by atoms with van der Waals surface area (Å²) in [5.74, 6) is 1.02. The van der Waals surface area contributed by atoms with Crippen molar-refractivity contribution in [3.05, 3.63) is 11.3 Å². The molecule has 0 radical (unpaired) electrons. The minimum Gasteiger partial charge on any atom is -0.469 e. The predicted octanol–water partition coefficient (Wildman–Crippen LogP) is 3.61. The fourth-order valence-electron chi connectivity index (χ4n) is 2.30. The van der Waals surface area contributed by atoms with Gasteiger partial charge in [0.25, 0.3) is 0 Å². The molecule has 2 nitrogen and oxygen atoms in total. The van der Waals surface area contributed by atoms with Crippen molar-refractivity contribution in [2.24, 2.45) is 5.41 Å². The molecule has 0 amide bonds. The van der Waals surface area contributed by atoms with Crippen molar-refractivity contribution in [2.45, 2.75) is 66.1 Å². The Balaban J connectivity index is 2.71. The lowest BCUT2D eigenvalue weighted by Gasteiger charge is -2.35. The van der Waals surface area contributed by atoms with Gasteiger partial charge in [0.05, 0.1) is 0 Å². The molecule has 0 aromatic carbocycles. The third-order valence-corrected chi connectivity index (χ3v) is 3.15. The van der Waals surface area contributed by atoms with Crippen LogP contribution in [0.15, 0.2) is 11.3 Å². The van der Waals surface area contributed by atoms with Gasteiger partial charge in [0.1, 0.15) is 5.76 Å². The molecule has 0 spiro atoms. The van der Waals surface area contributed by atoms with E-state index in [-0.39, 0.29) is 5.41 Å². The molecule has 0 saturated carbocycles. The van der Waals surface area contributed by atoms with Gasteiger partial charge in [-0.3, -0.25) is 0 Å². The summed E-state index contributed by atoms with van der Waals surface area (Å²) in [6.45, 7) is 8.57. The summed E-state index contributed by atoms with van der Waals surface area (Å²) in [6, 6.07) is 0. The lowest BCUT2D eigenvalue weighted by atomic mass is 9.78. The van der Waals surface area contributed by atoms with E-state index in [0.29, 0.717) is 6.42 Å². The second-order valence-electron chi connectivity index (χ2n) is 5.21. The topological polar surface area (TPSA) is 29.5 Å². The normalized spacial score (nSPS) is 22.7. The van der Waals surface area contributed by atoms with E-state index in [9.17, 15) is 5.11 Å². The second-order valence-corrected chi connectivity index (χ2v) is 5.21. The quantitative estimate of drug-likeness (QED) is 0.721. The molecule has 1 rings (SSSR count). The van der Waals surface area contributed by atoms with E-state index < -0.39 is 6.29 Å². The Morgan fingerprint density at radius 1 is 1.47 bits per heavy atom. The Bertz CT molecular complexity index is 241. The molecule has 0 aliphatic heterocycles. The highest BCUT2D eigenvalue weighted by Crippen LogP contribution is 2.41. The maximum atomic E-state index is 9.70. The molecule has 88 valence electrons. The number of ether oxygens (including phenoxy) is 1. The summed E-state index contributed by atoms with van der Waals surface area (Å²) in [7, 11) is 0. The Kier molecular flexibility index (Phi) is 4.21. The lowest BCUT2D eigenvalue weighted by molar-refractivity contribution is -0.0898. The minimum atomic E-state index is -0.627. The Morgan fingerprint density at radius 3 is 2.67 bits per heavy atom. The van der Waals surface area contributed by atoms with E-state index in [2.05, 4.69) is 27.7 Å². The van der Waals surface area contributed by atoms with Crippen molar-refractivity contribution < 1.29 is 9.84 Å². The monoisotopic (exact) mass is 212 g/mol. The summed E-state index contributed by atoms with van der Waals surface area (Å²) >= 11 is 0. The summed E-state index contributed by atoms with van der Waals surface area (Å²) in [6.07, 6.45) is 4.53. The zero-order chi connectivity index (χ0) is 11.5. The maximum absolute atomic E-state index is 9.70. The van der Waals surface area contributed by atoms with Gasteiger partial charge >= 0.3 is 0 Å². The summed E-state index contributed by atoms with van der Waals surface area (Å²) < 4.78 is 5.69. The molecule has 0 aromatic heterocycles. The van der Waals surface area contributed by atoms with Crippen LogP contribution in [0.4, 0.5) is 0 Å². The summed E-state index contributed by atoms with van der Waals surface area (Å²) in [5, 5.41) is 9.70. The van der Waals surface area contributed by atoms with Gasteiger partial charge in [-0.05, 0) is 31.8 Å². The first-order chi connectivity index (χ1) is 6.97. The highest BCUT2D eigenvalue weighted by Gasteiger charge is 2.31. The van der Waals surface area contributed by atoms with Crippen LogP contribution >= 0.6 is 0 Å². The van der Waals surface area contributed by atoms with Gasteiger partial charge in [-0.15, -0.1) is 0 Å². The average molecular weight is 212 g/mol. The van der Waals surface area contributed by atoms with E-state index >= 15 is 0 Å². The molecule has 1 aliphatic carbocycles. The van der Waals surface area contributed by atoms with Crippen molar-refractivity contribution in [2.75, 3.05) is 0 Å². The molecule has 0 saturated heterocycles. The number of aliphatic hydroxyl groups is 1. The third-order valence-electron chi connectivity index (χ3n) is 3.15. The maximum Gasteiger partial charge on any atom is 0.196 e. The third kappa shape index (κ3) is 3.23. The minimum absolute atomic E-state index is 0.0943.